The van der Waals surface area contributed by atoms with Crippen LogP contribution in [0.25, 0.3) is 0 Å². The van der Waals surface area contributed by atoms with Gasteiger partial charge in [0.25, 0.3) is 0 Å². The van der Waals surface area contributed by atoms with Crippen molar-refractivity contribution in [3.63, 3.8) is 0 Å². The van der Waals surface area contributed by atoms with Crippen LogP contribution in [0.4, 0.5) is 0 Å². The quantitative estimate of drug-likeness (QED) is 0.723. The molecule has 98 valence electrons. The van der Waals surface area contributed by atoms with Crippen molar-refractivity contribution in [1.29, 1.82) is 0 Å². The number of hydrogen-bond donors (Lipinski definition) is 2. The van der Waals surface area contributed by atoms with Crippen LogP contribution in [0.15, 0.2) is 24.3 Å². The van der Waals surface area contributed by atoms with E-state index in [1.807, 2.05) is 12.1 Å². The number of amides is 1. The zero-order chi connectivity index (χ0) is 12.8. The van der Waals surface area contributed by atoms with Gasteiger partial charge in [0.15, 0.2) is 0 Å². The fraction of sp³-hybridized carbons (Fsp3) is 0.533. The van der Waals surface area contributed by atoms with Gasteiger partial charge in [-0.15, -0.1) is 0 Å². The van der Waals surface area contributed by atoms with E-state index in [9.17, 15) is 4.79 Å². The summed E-state index contributed by atoms with van der Waals surface area (Å²) in [5.41, 5.74) is 7.96. The van der Waals surface area contributed by atoms with E-state index in [0.717, 1.165) is 38.8 Å². The molecule has 1 aliphatic carbocycles. The lowest BCUT2D eigenvalue weighted by Crippen LogP contribution is -2.35. The van der Waals surface area contributed by atoms with Crippen LogP contribution in [-0.2, 0) is 11.2 Å². The second-order valence-corrected chi connectivity index (χ2v) is 4.95. The molecule has 1 aromatic carbocycles. The number of nitrogens with one attached hydrogen (secondary N) is 1. The van der Waals surface area contributed by atoms with E-state index in [1.165, 1.54) is 17.5 Å². The molecule has 0 saturated heterocycles. The summed E-state index contributed by atoms with van der Waals surface area (Å²) in [6.07, 6.45) is 5.36. The van der Waals surface area contributed by atoms with Crippen molar-refractivity contribution in [2.75, 3.05) is 13.1 Å². The van der Waals surface area contributed by atoms with Gasteiger partial charge in [-0.3, -0.25) is 4.79 Å². The van der Waals surface area contributed by atoms with Crippen molar-refractivity contribution in [3.05, 3.63) is 35.4 Å². The second kappa shape index (κ2) is 6.55. The van der Waals surface area contributed by atoms with Gasteiger partial charge in [-0.25, -0.2) is 0 Å². The summed E-state index contributed by atoms with van der Waals surface area (Å²) >= 11 is 0. The Bertz CT molecular complexity index is 403. The Morgan fingerprint density at radius 1 is 1.22 bits per heavy atom. The summed E-state index contributed by atoms with van der Waals surface area (Å²) in [5, 5.41) is 3.03. The number of hydrogen-bond acceptors (Lipinski definition) is 2. The molecule has 1 amide bonds. The molecule has 18 heavy (non-hydrogen) atoms. The Morgan fingerprint density at radius 3 is 2.78 bits per heavy atom. The third-order valence-corrected chi connectivity index (χ3v) is 3.60. The van der Waals surface area contributed by atoms with Gasteiger partial charge in [-0.2, -0.15) is 0 Å². The minimum absolute atomic E-state index is 0.0882. The molecule has 3 N–H and O–H groups in total. The highest BCUT2D eigenvalue weighted by Crippen LogP contribution is 2.34. The number of carbonyl (C=O) groups is 1. The van der Waals surface area contributed by atoms with Gasteiger partial charge in [-0.1, -0.05) is 37.1 Å². The van der Waals surface area contributed by atoms with E-state index < -0.39 is 0 Å². The zero-order valence-corrected chi connectivity index (χ0v) is 10.8. The van der Waals surface area contributed by atoms with Crippen LogP contribution in [0.2, 0.25) is 0 Å². The Labute approximate surface area is 109 Å². The van der Waals surface area contributed by atoms with Crippen LogP contribution >= 0.6 is 0 Å². The molecule has 2 rings (SSSR count). The highest BCUT2D eigenvalue weighted by Gasteiger charge is 2.31. The monoisotopic (exact) mass is 246 g/mol. The lowest BCUT2D eigenvalue weighted by molar-refractivity contribution is -0.123. The van der Waals surface area contributed by atoms with Gasteiger partial charge in [0.05, 0.1) is 5.92 Å². The standard InChI is InChI=1S/C15H22N2O/c16-9-5-1-2-6-10-17-15(18)14-11-12-7-3-4-8-13(12)14/h3-4,7-8,14H,1-2,5-6,9-11,16H2,(H,17,18). The third kappa shape index (κ3) is 3.10. The molecule has 0 saturated carbocycles. The van der Waals surface area contributed by atoms with Gasteiger partial charge in [0, 0.05) is 6.54 Å². The molecule has 1 aliphatic rings. The Hall–Kier alpha value is -1.35. The van der Waals surface area contributed by atoms with Crippen LogP contribution in [0, 0.1) is 0 Å². The van der Waals surface area contributed by atoms with Crippen molar-refractivity contribution in [1.82, 2.24) is 5.32 Å². The SMILES string of the molecule is NCCCCCCNC(=O)C1Cc2ccccc21. The average molecular weight is 246 g/mol. The predicted octanol–water partition coefficient (Wildman–Crippen LogP) is 1.96. The van der Waals surface area contributed by atoms with Gasteiger partial charge >= 0.3 is 0 Å². The summed E-state index contributed by atoms with van der Waals surface area (Å²) in [6, 6.07) is 8.20. The van der Waals surface area contributed by atoms with E-state index in [-0.39, 0.29) is 11.8 Å². The molecule has 3 heteroatoms. The first-order chi connectivity index (χ1) is 8.83. The van der Waals surface area contributed by atoms with E-state index in [1.54, 1.807) is 0 Å². The van der Waals surface area contributed by atoms with Crippen LogP contribution in [0.5, 0.6) is 0 Å². The average Bonchev–Trinajstić information content (AvgIpc) is 2.35. The van der Waals surface area contributed by atoms with E-state index >= 15 is 0 Å². The third-order valence-electron chi connectivity index (χ3n) is 3.60. The van der Waals surface area contributed by atoms with Crippen LogP contribution in [-0.4, -0.2) is 19.0 Å². The zero-order valence-electron chi connectivity index (χ0n) is 10.8. The van der Waals surface area contributed by atoms with Gasteiger partial charge < -0.3 is 11.1 Å². The second-order valence-electron chi connectivity index (χ2n) is 4.95. The minimum atomic E-state index is 0.0882. The van der Waals surface area contributed by atoms with E-state index in [0.29, 0.717) is 0 Å². The summed E-state index contributed by atoms with van der Waals surface area (Å²) in [6.45, 7) is 1.56. The predicted molar refractivity (Wildman–Crippen MR) is 73.4 cm³/mol. The molecule has 0 spiro atoms. The van der Waals surface area contributed by atoms with Crippen molar-refractivity contribution in [2.24, 2.45) is 5.73 Å². The number of nitrogens with two attached hydrogens (primary N) is 1. The first kappa shape index (κ1) is 13.1. The topological polar surface area (TPSA) is 55.1 Å². The molecular formula is C15H22N2O. The van der Waals surface area contributed by atoms with Crippen LogP contribution in [0.1, 0.15) is 42.7 Å². The maximum absolute atomic E-state index is 11.9. The fourth-order valence-electron chi connectivity index (χ4n) is 2.45. The van der Waals surface area contributed by atoms with Gasteiger partial charge in [0.1, 0.15) is 0 Å². The number of carbonyl (C=O) groups excluding carboxylic acids is 1. The first-order valence-electron chi connectivity index (χ1n) is 6.88. The van der Waals surface area contributed by atoms with Gasteiger partial charge in [-0.05, 0) is 36.9 Å². The molecular weight excluding hydrogens is 224 g/mol. The Balaban J connectivity index is 1.65. The number of unbranched alkanes of at least 4 members (excludes halogenated alkanes) is 3. The van der Waals surface area contributed by atoms with E-state index in [2.05, 4.69) is 17.4 Å². The molecule has 0 heterocycles. The van der Waals surface area contributed by atoms with E-state index in [4.69, 9.17) is 5.73 Å². The molecule has 0 bridgehead atoms. The van der Waals surface area contributed by atoms with Crippen LogP contribution < -0.4 is 11.1 Å². The summed E-state index contributed by atoms with van der Waals surface area (Å²) < 4.78 is 0. The molecule has 1 aromatic rings. The largest absolute Gasteiger partial charge is 0.356 e. The molecule has 0 radical (unpaired) electrons. The van der Waals surface area contributed by atoms with Crippen molar-refractivity contribution < 1.29 is 4.79 Å². The molecule has 0 aromatic heterocycles. The Kier molecular flexibility index (Phi) is 4.76. The highest BCUT2D eigenvalue weighted by molar-refractivity contribution is 5.86. The first-order valence-corrected chi connectivity index (χ1v) is 6.88. The van der Waals surface area contributed by atoms with Gasteiger partial charge in [0.2, 0.25) is 5.91 Å². The number of fused-ring (bicyclic) bond motifs is 1. The minimum Gasteiger partial charge on any atom is -0.356 e. The fourth-order valence-corrected chi connectivity index (χ4v) is 2.45. The maximum atomic E-state index is 11.9. The molecule has 1 unspecified atom stereocenters. The molecule has 0 fully saturated rings. The lowest BCUT2D eigenvalue weighted by atomic mass is 9.77. The normalized spacial score (nSPS) is 16.8. The number of rotatable bonds is 7. The highest BCUT2D eigenvalue weighted by atomic mass is 16.1. The lowest BCUT2D eigenvalue weighted by Gasteiger charge is -2.28. The molecule has 1 atom stereocenters. The Morgan fingerprint density at radius 2 is 2.00 bits per heavy atom. The summed E-state index contributed by atoms with van der Waals surface area (Å²) in [4.78, 5) is 11.9. The van der Waals surface area contributed by atoms with Crippen molar-refractivity contribution >= 4 is 5.91 Å². The maximum Gasteiger partial charge on any atom is 0.227 e. The van der Waals surface area contributed by atoms with Crippen LogP contribution in [0.3, 0.4) is 0 Å². The number of benzene rings is 1. The van der Waals surface area contributed by atoms with Crippen molar-refractivity contribution in [3.8, 4) is 0 Å². The van der Waals surface area contributed by atoms with Crippen molar-refractivity contribution in [2.45, 2.75) is 38.0 Å². The summed E-state index contributed by atoms with van der Waals surface area (Å²) in [5.74, 6) is 0.276. The smallest absolute Gasteiger partial charge is 0.227 e. The molecule has 3 nitrogen and oxygen atoms in total. The summed E-state index contributed by atoms with van der Waals surface area (Å²) in [7, 11) is 0. The molecule has 0 aliphatic heterocycles.